The van der Waals surface area contributed by atoms with Gasteiger partial charge in [0.15, 0.2) is 0 Å². The Balaban J connectivity index is 2.40. The Morgan fingerprint density at radius 3 is 2.83 bits per heavy atom. The van der Waals surface area contributed by atoms with E-state index >= 15 is 0 Å². The van der Waals surface area contributed by atoms with Gasteiger partial charge in [0, 0.05) is 16.1 Å². The van der Waals surface area contributed by atoms with Crippen molar-refractivity contribution in [1.82, 2.24) is 4.98 Å². The summed E-state index contributed by atoms with van der Waals surface area (Å²) in [6.45, 7) is 2.10. The zero-order valence-electron chi connectivity index (χ0n) is 10.5. The highest BCUT2D eigenvalue weighted by Crippen LogP contribution is 2.32. The van der Waals surface area contributed by atoms with E-state index in [0.717, 1.165) is 34.9 Å². The van der Waals surface area contributed by atoms with Crippen LogP contribution in [0.4, 0.5) is 0 Å². The van der Waals surface area contributed by atoms with Crippen LogP contribution in [0.25, 0.3) is 10.9 Å². The largest absolute Gasteiger partial charge is 0.392 e. The van der Waals surface area contributed by atoms with E-state index in [-0.39, 0.29) is 6.61 Å². The van der Waals surface area contributed by atoms with Gasteiger partial charge in [0.1, 0.15) is 0 Å². The third kappa shape index (κ3) is 1.80. The Morgan fingerprint density at radius 2 is 2.06 bits per heavy atom. The van der Waals surface area contributed by atoms with Crippen LogP contribution in [0.5, 0.6) is 0 Å². The smallest absolute Gasteiger partial charge is 0.0739 e. The van der Waals surface area contributed by atoms with Crippen molar-refractivity contribution in [3.63, 3.8) is 0 Å². The van der Waals surface area contributed by atoms with E-state index in [9.17, 15) is 5.11 Å². The molecular weight excluding hydrogens is 246 g/mol. The predicted octanol–water partition coefficient (Wildman–Crippen LogP) is 3.57. The Hall–Kier alpha value is -1.12. The van der Waals surface area contributed by atoms with Crippen LogP contribution in [-0.4, -0.2) is 10.1 Å². The van der Waals surface area contributed by atoms with Crippen molar-refractivity contribution >= 4 is 22.5 Å². The quantitative estimate of drug-likeness (QED) is 0.851. The lowest BCUT2D eigenvalue weighted by Crippen LogP contribution is -2.10. The maximum atomic E-state index is 9.70. The standard InChI is InChI=1S/C15H16ClNO/c1-9-6-10(16)7-12-13(8-18)11-4-2-3-5-14(11)17-15(9)12/h6-7,18H,2-5,8H2,1H3. The summed E-state index contributed by atoms with van der Waals surface area (Å²) in [5.41, 5.74) is 5.52. The SMILES string of the molecule is Cc1cc(Cl)cc2c(CO)c3c(nc12)CCCC3. The Bertz CT molecular complexity index is 622. The lowest BCUT2D eigenvalue weighted by Gasteiger charge is -2.20. The molecule has 0 amide bonds. The zero-order valence-corrected chi connectivity index (χ0v) is 11.2. The van der Waals surface area contributed by atoms with Crippen molar-refractivity contribution in [2.75, 3.05) is 0 Å². The summed E-state index contributed by atoms with van der Waals surface area (Å²) >= 11 is 6.13. The van der Waals surface area contributed by atoms with Crippen molar-refractivity contribution in [3.05, 3.63) is 39.5 Å². The summed E-state index contributed by atoms with van der Waals surface area (Å²) in [6.07, 6.45) is 4.44. The number of nitrogens with zero attached hydrogens (tertiary/aromatic N) is 1. The molecule has 0 bridgehead atoms. The number of hydrogen-bond acceptors (Lipinski definition) is 2. The number of halogens is 1. The van der Waals surface area contributed by atoms with Crippen LogP contribution in [-0.2, 0) is 19.4 Å². The summed E-state index contributed by atoms with van der Waals surface area (Å²) in [7, 11) is 0. The maximum Gasteiger partial charge on any atom is 0.0739 e. The van der Waals surface area contributed by atoms with Gasteiger partial charge in [-0.15, -0.1) is 0 Å². The number of aryl methyl sites for hydroxylation is 2. The first-order valence-electron chi connectivity index (χ1n) is 6.42. The van der Waals surface area contributed by atoms with Gasteiger partial charge in [-0.1, -0.05) is 11.6 Å². The predicted molar refractivity (Wildman–Crippen MR) is 74.1 cm³/mol. The van der Waals surface area contributed by atoms with Gasteiger partial charge in [0.25, 0.3) is 0 Å². The van der Waals surface area contributed by atoms with E-state index in [0.29, 0.717) is 5.02 Å². The molecule has 0 atom stereocenters. The molecule has 1 heterocycles. The molecule has 94 valence electrons. The van der Waals surface area contributed by atoms with Crippen molar-refractivity contribution in [1.29, 1.82) is 0 Å². The highest BCUT2D eigenvalue weighted by molar-refractivity contribution is 6.31. The van der Waals surface area contributed by atoms with E-state index in [1.54, 1.807) is 0 Å². The molecule has 2 nitrogen and oxygen atoms in total. The molecule has 0 spiro atoms. The van der Waals surface area contributed by atoms with Crippen LogP contribution in [0.2, 0.25) is 5.02 Å². The molecule has 1 N–H and O–H groups in total. The summed E-state index contributed by atoms with van der Waals surface area (Å²) in [4.78, 5) is 4.80. The normalized spacial score (nSPS) is 14.8. The maximum absolute atomic E-state index is 9.70. The number of rotatable bonds is 1. The molecule has 0 saturated heterocycles. The number of aliphatic hydroxyl groups is 1. The summed E-state index contributed by atoms with van der Waals surface area (Å²) in [5, 5.41) is 11.4. The molecule has 1 aliphatic rings. The number of aliphatic hydroxyl groups excluding tert-OH is 1. The second-order valence-corrected chi connectivity index (χ2v) is 5.44. The van der Waals surface area contributed by atoms with Gasteiger partial charge in [-0.25, -0.2) is 0 Å². The van der Waals surface area contributed by atoms with Gasteiger partial charge in [0.2, 0.25) is 0 Å². The summed E-state index contributed by atoms with van der Waals surface area (Å²) < 4.78 is 0. The molecule has 3 heteroatoms. The molecule has 1 aromatic heterocycles. The molecule has 3 rings (SSSR count). The molecule has 0 fully saturated rings. The molecular formula is C15H16ClNO. The molecule has 1 aromatic carbocycles. The van der Waals surface area contributed by atoms with Crippen molar-refractivity contribution < 1.29 is 5.11 Å². The fraction of sp³-hybridized carbons (Fsp3) is 0.400. The molecule has 0 unspecified atom stereocenters. The molecule has 1 aliphatic carbocycles. The highest BCUT2D eigenvalue weighted by Gasteiger charge is 2.18. The molecule has 0 saturated carbocycles. The van der Waals surface area contributed by atoms with E-state index in [1.807, 2.05) is 19.1 Å². The lowest BCUT2D eigenvalue weighted by molar-refractivity contribution is 0.281. The van der Waals surface area contributed by atoms with Crippen LogP contribution >= 0.6 is 11.6 Å². The number of hydrogen-bond donors (Lipinski definition) is 1. The third-order valence-electron chi connectivity index (χ3n) is 3.80. The Kier molecular flexibility index (Phi) is 3.00. The fourth-order valence-corrected chi connectivity index (χ4v) is 3.20. The topological polar surface area (TPSA) is 33.1 Å². The van der Waals surface area contributed by atoms with Crippen molar-refractivity contribution in [2.45, 2.75) is 39.2 Å². The first kappa shape index (κ1) is 11.9. The molecule has 0 radical (unpaired) electrons. The number of benzene rings is 1. The van der Waals surface area contributed by atoms with Gasteiger partial charge < -0.3 is 5.11 Å². The molecule has 2 aromatic rings. The minimum Gasteiger partial charge on any atom is -0.392 e. The second-order valence-electron chi connectivity index (χ2n) is 5.00. The first-order chi connectivity index (χ1) is 8.70. The summed E-state index contributed by atoms with van der Waals surface area (Å²) in [6, 6.07) is 3.87. The van der Waals surface area contributed by atoms with Gasteiger partial charge in [-0.2, -0.15) is 0 Å². The van der Waals surface area contributed by atoms with Gasteiger partial charge >= 0.3 is 0 Å². The van der Waals surface area contributed by atoms with Crippen molar-refractivity contribution in [3.8, 4) is 0 Å². The average Bonchev–Trinajstić information content (AvgIpc) is 2.36. The number of fused-ring (bicyclic) bond motifs is 2. The van der Waals surface area contributed by atoms with E-state index in [1.165, 1.54) is 24.1 Å². The van der Waals surface area contributed by atoms with Crippen LogP contribution in [0.1, 0.15) is 35.2 Å². The lowest BCUT2D eigenvalue weighted by atomic mass is 9.89. The minimum atomic E-state index is 0.0706. The van der Waals surface area contributed by atoms with Crippen molar-refractivity contribution in [2.24, 2.45) is 0 Å². The number of pyridine rings is 1. The van der Waals surface area contributed by atoms with E-state index in [2.05, 4.69) is 0 Å². The zero-order chi connectivity index (χ0) is 12.7. The van der Waals surface area contributed by atoms with Crippen LogP contribution in [0.3, 0.4) is 0 Å². The summed E-state index contributed by atoms with van der Waals surface area (Å²) in [5.74, 6) is 0. The molecule has 18 heavy (non-hydrogen) atoms. The van der Waals surface area contributed by atoms with E-state index < -0.39 is 0 Å². The van der Waals surface area contributed by atoms with Crippen LogP contribution in [0, 0.1) is 6.92 Å². The average molecular weight is 262 g/mol. The fourth-order valence-electron chi connectivity index (χ4n) is 2.93. The monoisotopic (exact) mass is 261 g/mol. The van der Waals surface area contributed by atoms with Crippen LogP contribution < -0.4 is 0 Å². The first-order valence-corrected chi connectivity index (χ1v) is 6.80. The Labute approximate surface area is 112 Å². The van der Waals surface area contributed by atoms with Gasteiger partial charge in [0.05, 0.1) is 12.1 Å². The third-order valence-corrected chi connectivity index (χ3v) is 4.02. The van der Waals surface area contributed by atoms with Crippen LogP contribution in [0.15, 0.2) is 12.1 Å². The van der Waals surface area contributed by atoms with Gasteiger partial charge in [-0.05, 0) is 61.4 Å². The highest BCUT2D eigenvalue weighted by atomic mass is 35.5. The van der Waals surface area contributed by atoms with Gasteiger partial charge in [-0.3, -0.25) is 4.98 Å². The second kappa shape index (κ2) is 4.52. The molecule has 0 aliphatic heterocycles. The Morgan fingerprint density at radius 1 is 1.28 bits per heavy atom. The minimum absolute atomic E-state index is 0.0706. The number of aromatic nitrogens is 1. The van der Waals surface area contributed by atoms with E-state index in [4.69, 9.17) is 16.6 Å².